The molecule has 170 valence electrons. The average Bonchev–Trinajstić information content (AvgIpc) is 3.03. The zero-order valence-corrected chi connectivity index (χ0v) is 18.7. The van der Waals surface area contributed by atoms with Crippen molar-refractivity contribution in [3.63, 3.8) is 0 Å². The predicted molar refractivity (Wildman–Crippen MR) is 121 cm³/mol. The zero-order valence-electron chi connectivity index (χ0n) is 18.7. The Morgan fingerprint density at radius 3 is 2.16 bits per heavy atom. The fourth-order valence-electron chi connectivity index (χ4n) is 4.09. The first-order valence-electron chi connectivity index (χ1n) is 10.8. The summed E-state index contributed by atoms with van der Waals surface area (Å²) in [5, 5.41) is 14.3. The van der Waals surface area contributed by atoms with E-state index in [1.165, 1.54) is 0 Å². The summed E-state index contributed by atoms with van der Waals surface area (Å²) in [7, 11) is 0. The van der Waals surface area contributed by atoms with Crippen LogP contribution in [-0.4, -0.2) is 41.3 Å². The van der Waals surface area contributed by atoms with Crippen LogP contribution < -0.4 is 10.6 Å². The molecule has 0 aliphatic heterocycles. The topological polar surface area (TPSA) is 105 Å². The van der Waals surface area contributed by atoms with Crippen LogP contribution in [0.1, 0.15) is 57.1 Å². The molecule has 7 heteroatoms. The number of carbonyl (C=O) groups excluding carboxylic acids is 2. The van der Waals surface area contributed by atoms with E-state index in [-0.39, 0.29) is 37.3 Å². The minimum atomic E-state index is -0.900. The van der Waals surface area contributed by atoms with Crippen molar-refractivity contribution in [2.24, 2.45) is 0 Å². The molecule has 0 radical (unpaired) electrons. The van der Waals surface area contributed by atoms with Crippen molar-refractivity contribution in [2.45, 2.75) is 57.5 Å². The first-order valence-corrected chi connectivity index (χ1v) is 10.8. The van der Waals surface area contributed by atoms with Crippen LogP contribution in [0.15, 0.2) is 48.5 Å². The van der Waals surface area contributed by atoms with E-state index < -0.39 is 17.6 Å². The quantitative estimate of drug-likeness (QED) is 0.548. The number of carbonyl (C=O) groups is 3. The van der Waals surface area contributed by atoms with E-state index in [0.717, 1.165) is 22.3 Å². The van der Waals surface area contributed by atoms with E-state index in [4.69, 9.17) is 9.84 Å². The van der Waals surface area contributed by atoms with E-state index in [1.54, 1.807) is 20.8 Å². The smallest absolute Gasteiger partial charge is 0.407 e. The van der Waals surface area contributed by atoms with Gasteiger partial charge in [-0.25, -0.2) is 4.79 Å². The number of amides is 2. The Balaban J connectivity index is 1.53. The Kier molecular flexibility index (Phi) is 7.18. The predicted octanol–water partition coefficient (Wildman–Crippen LogP) is 4.06. The number of rotatable bonds is 9. The highest BCUT2D eigenvalue weighted by atomic mass is 16.5. The summed E-state index contributed by atoms with van der Waals surface area (Å²) in [6.07, 6.45) is -0.192. The molecule has 2 amide bonds. The Labute approximate surface area is 188 Å². The Morgan fingerprint density at radius 1 is 1.03 bits per heavy atom. The third-order valence-corrected chi connectivity index (χ3v) is 5.59. The summed E-state index contributed by atoms with van der Waals surface area (Å²) < 4.78 is 5.56. The highest BCUT2D eigenvalue weighted by Gasteiger charge is 2.30. The number of fused-ring (bicyclic) bond motifs is 3. The third-order valence-electron chi connectivity index (χ3n) is 5.59. The average molecular weight is 439 g/mol. The van der Waals surface area contributed by atoms with Crippen LogP contribution in [0.5, 0.6) is 0 Å². The number of hydrogen-bond acceptors (Lipinski definition) is 4. The van der Waals surface area contributed by atoms with Gasteiger partial charge in [0.25, 0.3) is 0 Å². The van der Waals surface area contributed by atoms with Crippen LogP contribution in [0, 0.1) is 0 Å². The second-order valence-electron chi connectivity index (χ2n) is 8.91. The van der Waals surface area contributed by atoms with Crippen LogP contribution in [0.2, 0.25) is 0 Å². The molecule has 1 aliphatic carbocycles. The van der Waals surface area contributed by atoms with Crippen molar-refractivity contribution in [3.05, 3.63) is 59.7 Å². The number of benzene rings is 2. The largest absolute Gasteiger partial charge is 0.481 e. The summed E-state index contributed by atoms with van der Waals surface area (Å²) in [5.74, 6) is -1.19. The van der Waals surface area contributed by atoms with Crippen LogP contribution in [0.3, 0.4) is 0 Å². The second-order valence-corrected chi connectivity index (χ2v) is 8.91. The van der Waals surface area contributed by atoms with Gasteiger partial charge >= 0.3 is 12.1 Å². The van der Waals surface area contributed by atoms with Crippen molar-refractivity contribution in [1.82, 2.24) is 10.6 Å². The summed E-state index contributed by atoms with van der Waals surface area (Å²) in [6, 6.07) is 16.0. The maximum absolute atomic E-state index is 12.5. The first-order chi connectivity index (χ1) is 15.2. The van der Waals surface area contributed by atoms with E-state index in [2.05, 4.69) is 34.9 Å². The summed E-state index contributed by atoms with van der Waals surface area (Å²) in [5.41, 5.74) is 3.77. The molecule has 3 rings (SSSR count). The van der Waals surface area contributed by atoms with Gasteiger partial charge in [0.2, 0.25) is 5.91 Å². The Hall–Kier alpha value is -3.35. The number of ether oxygens (including phenoxy) is 1. The lowest BCUT2D eigenvalue weighted by Crippen LogP contribution is -2.48. The molecule has 0 saturated carbocycles. The molecule has 3 N–H and O–H groups in total. The molecule has 0 bridgehead atoms. The third kappa shape index (κ3) is 5.87. The van der Waals surface area contributed by atoms with E-state index in [1.807, 2.05) is 24.3 Å². The molecule has 1 unspecified atom stereocenters. The highest BCUT2D eigenvalue weighted by Crippen LogP contribution is 2.44. The van der Waals surface area contributed by atoms with E-state index in [0.29, 0.717) is 6.42 Å². The number of alkyl carbamates (subject to hydrolysis) is 1. The summed E-state index contributed by atoms with van der Waals surface area (Å²) in [4.78, 5) is 35.4. The molecule has 0 spiro atoms. The molecular formula is C25H30N2O5. The molecule has 32 heavy (non-hydrogen) atoms. The SMILES string of the molecule is CC(CCC(=O)O)NC(=O)CC(C)(C)NC(=O)OCC1c2ccccc2-c2ccccc21. The molecule has 1 atom stereocenters. The molecule has 1 aliphatic rings. The normalized spacial score (nSPS) is 13.6. The monoisotopic (exact) mass is 438 g/mol. The fourth-order valence-corrected chi connectivity index (χ4v) is 4.09. The fraction of sp³-hybridized carbons (Fsp3) is 0.400. The van der Waals surface area contributed by atoms with Gasteiger partial charge in [-0.05, 0) is 49.4 Å². The summed E-state index contributed by atoms with van der Waals surface area (Å²) in [6.45, 7) is 5.45. The molecule has 0 saturated heterocycles. The van der Waals surface area contributed by atoms with Crippen LogP contribution in [-0.2, 0) is 14.3 Å². The summed E-state index contributed by atoms with van der Waals surface area (Å²) >= 11 is 0. The van der Waals surface area contributed by atoms with Gasteiger partial charge in [0.1, 0.15) is 6.61 Å². The zero-order chi connectivity index (χ0) is 23.3. The van der Waals surface area contributed by atoms with Gasteiger partial charge in [-0.1, -0.05) is 48.5 Å². The molecule has 0 fully saturated rings. The molecule has 2 aromatic carbocycles. The lowest BCUT2D eigenvalue weighted by Gasteiger charge is -2.26. The van der Waals surface area contributed by atoms with Crippen LogP contribution in [0.25, 0.3) is 11.1 Å². The highest BCUT2D eigenvalue weighted by molar-refractivity contribution is 5.80. The standard InChI is InChI=1S/C25H30N2O5/c1-16(12-13-23(29)30)26-22(28)14-25(2,3)27-24(31)32-15-21-19-10-6-4-8-17(19)18-9-5-7-11-20(18)21/h4-11,16,21H,12-15H2,1-3H3,(H,26,28)(H,27,31)(H,29,30). The maximum atomic E-state index is 12.5. The Bertz CT molecular complexity index is 956. The van der Waals surface area contributed by atoms with Gasteiger partial charge in [0, 0.05) is 30.3 Å². The minimum Gasteiger partial charge on any atom is -0.481 e. The molecule has 0 aromatic heterocycles. The first kappa shape index (κ1) is 23.3. The number of aliphatic carboxylic acids is 1. The van der Waals surface area contributed by atoms with Gasteiger partial charge in [-0.3, -0.25) is 9.59 Å². The lowest BCUT2D eigenvalue weighted by molar-refractivity contribution is -0.137. The molecule has 7 nitrogen and oxygen atoms in total. The van der Waals surface area contributed by atoms with Crippen molar-refractivity contribution >= 4 is 18.0 Å². The van der Waals surface area contributed by atoms with Crippen molar-refractivity contribution < 1.29 is 24.2 Å². The Morgan fingerprint density at radius 2 is 1.59 bits per heavy atom. The van der Waals surface area contributed by atoms with Crippen LogP contribution in [0.4, 0.5) is 4.79 Å². The molecular weight excluding hydrogens is 408 g/mol. The molecule has 2 aromatic rings. The lowest BCUT2D eigenvalue weighted by atomic mass is 9.98. The van der Waals surface area contributed by atoms with Crippen molar-refractivity contribution in [3.8, 4) is 11.1 Å². The number of carboxylic acids is 1. The van der Waals surface area contributed by atoms with Gasteiger partial charge < -0.3 is 20.5 Å². The number of carboxylic acid groups (broad SMARTS) is 1. The van der Waals surface area contributed by atoms with Crippen molar-refractivity contribution in [2.75, 3.05) is 6.61 Å². The van der Waals surface area contributed by atoms with E-state index >= 15 is 0 Å². The number of nitrogens with one attached hydrogen (secondary N) is 2. The molecule has 0 heterocycles. The maximum Gasteiger partial charge on any atom is 0.407 e. The van der Waals surface area contributed by atoms with Gasteiger partial charge in [-0.15, -0.1) is 0 Å². The van der Waals surface area contributed by atoms with Crippen molar-refractivity contribution in [1.29, 1.82) is 0 Å². The second kappa shape index (κ2) is 9.85. The minimum absolute atomic E-state index is 0.0111. The van der Waals surface area contributed by atoms with Crippen LogP contribution >= 0.6 is 0 Å². The van der Waals surface area contributed by atoms with E-state index in [9.17, 15) is 14.4 Å². The van der Waals surface area contributed by atoms with Gasteiger partial charge in [-0.2, -0.15) is 0 Å². The van der Waals surface area contributed by atoms with Gasteiger partial charge in [0.05, 0.1) is 0 Å². The number of hydrogen-bond donors (Lipinski definition) is 3. The van der Waals surface area contributed by atoms with Gasteiger partial charge in [0.15, 0.2) is 0 Å².